The van der Waals surface area contributed by atoms with E-state index >= 15 is 0 Å². The molecule has 1 aliphatic heterocycles. The highest BCUT2D eigenvalue weighted by Crippen LogP contribution is 2.40. The maximum atomic E-state index is 11.6. The highest BCUT2D eigenvalue weighted by molar-refractivity contribution is 9.10. The van der Waals surface area contributed by atoms with Gasteiger partial charge in [-0.3, -0.25) is 15.1 Å². The lowest BCUT2D eigenvalue weighted by Gasteiger charge is -2.28. The third-order valence-electron chi connectivity index (χ3n) is 5.71. The van der Waals surface area contributed by atoms with Crippen molar-refractivity contribution < 1.29 is 14.8 Å². The summed E-state index contributed by atoms with van der Waals surface area (Å²) in [5, 5.41) is 20.9. The van der Waals surface area contributed by atoms with Gasteiger partial charge in [0.2, 0.25) is 0 Å². The quantitative estimate of drug-likeness (QED) is 0.492. The number of hydrogen-bond donors (Lipinski definition) is 1. The Labute approximate surface area is 176 Å². The van der Waals surface area contributed by atoms with Gasteiger partial charge in [-0.2, -0.15) is 0 Å². The van der Waals surface area contributed by atoms with Crippen LogP contribution in [0.25, 0.3) is 5.57 Å². The van der Waals surface area contributed by atoms with E-state index in [0.29, 0.717) is 31.5 Å². The number of halogens is 1. The minimum absolute atomic E-state index is 0.102. The first-order chi connectivity index (χ1) is 13.8. The number of carboxylic acid groups (broad SMARTS) is 1. The van der Waals surface area contributed by atoms with E-state index in [4.69, 9.17) is 0 Å². The molecule has 1 aromatic carbocycles. The molecule has 0 spiro atoms. The molecule has 2 aromatic rings. The largest absolute Gasteiger partial charge is 0.465 e. The molecular weight excluding hydrogens is 438 g/mol. The number of piperidine rings is 1. The van der Waals surface area contributed by atoms with Crippen molar-refractivity contribution in [2.45, 2.75) is 32.6 Å². The van der Waals surface area contributed by atoms with Crippen LogP contribution in [0.5, 0.6) is 0 Å². The Balaban J connectivity index is 1.93. The van der Waals surface area contributed by atoms with Crippen LogP contribution in [0.2, 0.25) is 0 Å². The standard InChI is InChI=1S/C21H20BrN3O4/c1-12-8-14-2-3-15-9-16(22)11-23-20(15)19(17(14)10-18(12)25(28)29)13-4-6-24(7-5-13)21(26)27/h8-11H,2-7H2,1H3,(H,26,27). The van der Waals surface area contributed by atoms with Crippen molar-refractivity contribution in [3.63, 3.8) is 0 Å². The van der Waals surface area contributed by atoms with Crippen molar-refractivity contribution in [2.24, 2.45) is 0 Å². The monoisotopic (exact) mass is 457 g/mol. The van der Waals surface area contributed by atoms with Crippen molar-refractivity contribution in [2.75, 3.05) is 13.1 Å². The number of benzene rings is 1. The van der Waals surface area contributed by atoms with Crippen molar-refractivity contribution in [1.82, 2.24) is 9.88 Å². The van der Waals surface area contributed by atoms with Gasteiger partial charge in [-0.15, -0.1) is 0 Å². The molecule has 1 fully saturated rings. The molecule has 1 N–H and O–H groups in total. The molecule has 1 amide bonds. The number of likely N-dealkylation sites (tertiary alicyclic amines) is 1. The lowest BCUT2D eigenvalue weighted by atomic mass is 9.87. The Morgan fingerprint density at radius 2 is 1.86 bits per heavy atom. The van der Waals surface area contributed by atoms with E-state index < -0.39 is 6.09 Å². The SMILES string of the molecule is Cc1cc2c(cc1[N+](=O)[O-])C(=C1CCN(C(=O)O)CC1)c1ncc(Br)cc1CC2. The molecule has 1 aromatic heterocycles. The zero-order valence-electron chi connectivity index (χ0n) is 15.9. The van der Waals surface area contributed by atoms with Gasteiger partial charge in [-0.25, -0.2) is 4.79 Å². The number of aromatic nitrogens is 1. The van der Waals surface area contributed by atoms with Crippen LogP contribution < -0.4 is 0 Å². The van der Waals surface area contributed by atoms with Gasteiger partial charge < -0.3 is 10.0 Å². The molecule has 0 atom stereocenters. The van der Waals surface area contributed by atoms with E-state index in [1.54, 1.807) is 19.2 Å². The van der Waals surface area contributed by atoms with Gasteiger partial charge in [0.25, 0.3) is 5.69 Å². The van der Waals surface area contributed by atoms with E-state index in [1.807, 2.05) is 6.07 Å². The van der Waals surface area contributed by atoms with Crippen molar-refractivity contribution in [1.29, 1.82) is 0 Å². The number of rotatable bonds is 1. The number of pyridine rings is 1. The van der Waals surface area contributed by atoms with Gasteiger partial charge in [-0.1, -0.05) is 5.57 Å². The fraction of sp³-hybridized carbons (Fsp3) is 0.333. The molecule has 2 heterocycles. The number of amides is 1. The zero-order valence-corrected chi connectivity index (χ0v) is 17.5. The summed E-state index contributed by atoms with van der Waals surface area (Å²) in [5.41, 5.74) is 6.68. The number of fused-ring (bicyclic) bond motifs is 2. The average Bonchev–Trinajstić information content (AvgIpc) is 2.83. The van der Waals surface area contributed by atoms with E-state index in [0.717, 1.165) is 50.8 Å². The summed E-state index contributed by atoms with van der Waals surface area (Å²) in [6.45, 7) is 2.61. The summed E-state index contributed by atoms with van der Waals surface area (Å²) in [6, 6.07) is 5.65. The second-order valence-corrected chi connectivity index (χ2v) is 8.38. The smallest absolute Gasteiger partial charge is 0.407 e. The molecule has 29 heavy (non-hydrogen) atoms. The van der Waals surface area contributed by atoms with Gasteiger partial charge in [0.15, 0.2) is 0 Å². The zero-order chi connectivity index (χ0) is 20.7. The van der Waals surface area contributed by atoms with Gasteiger partial charge >= 0.3 is 6.09 Å². The minimum atomic E-state index is -0.913. The van der Waals surface area contributed by atoms with Crippen LogP contribution in [0.1, 0.15) is 40.8 Å². The molecular formula is C21H20BrN3O4. The molecule has 1 aliphatic carbocycles. The van der Waals surface area contributed by atoms with Crippen molar-refractivity contribution in [3.05, 3.63) is 72.5 Å². The van der Waals surface area contributed by atoms with E-state index in [9.17, 15) is 20.0 Å². The highest BCUT2D eigenvalue weighted by Gasteiger charge is 2.28. The first kappa shape index (κ1) is 19.6. The molecule has 8 heteroatoms. The maximum Gasteiger partial charge on any atom is 0.407 e. The maximum absolute atomic E-state index is 11.6. The lowest BCUT2D eigenvalue weighted by molar-refractivity contribution is -0.385. The predicted octanol–water partition coefficient (Wildman–Crippen LogP) is 4.74. The fourth-order valence-corrected chi connectivity index (χ4v) is 4.64. The van der Waals surface area contributed by atoms with Crippen molar-refractivity contribution in [3.8, 4) is 0 Å². The molecule has 150 valence electrons. The van der Waals surface area contributed by atoms with E-state index in [1.165, 1.54) is 4.90 Å². The minimum Gasteiger partial charge on any atom is -0.465 e. The van der Waals surface area contributed by atoms with E-state index in [2.05, 4.69) is 27.0 Å². The highest BCUT2D eigenvalue weighted by atomic mass is 79.9. The van der Waals surface area contributed by atoms with Crippen LogP contribution in [0.4, 0.5) is 10.5 Å². The molecule has 1 saturated heterocycles. The van der Waals surface area contributed by atoms with Crippen molar-refractivity contribution >= 4 is 33.3 Å². The number of nitro benzene ring substituents is 1. The predicted molar refractivity (Wildman–Crippen MR) is 112 cm³/mol. The first-order valence-electron chi connectivity index (χ1n) is 9.48. The Bertz CT molecular complexity index is 1050. The van der Waals surface area contributed by atoms with Crippen LogP contribution >= 0.6 is 15.9 Å². The normalized spacial score (nSPS) is 16.1. The summed E-state index contributed by atoms with van der Waals surface area (Å²) in [7, 11) is 0. The molecule has 4 rings (SSSR count). The summed E-state index contributed by atoms with van der Waals surface area (Å²) in [4.78, 5) is 28.6. The van der Waals surface area contributed by atoms with Crippen LogP contribution in [0.3, 0.4) is 0 Å². The summed E-state index contributed by atoms with van der Waals surface area (Å²) in [5.74, 6) is 0. The number of nitro groups is 1. The summed E-state index contributed by atoms with van der Waals surface area (Å²) < 4.78 is 0.898. The number of aryl methyl sites for hydroxylation is 3. The Kier molecular flexibility index (Phi) is 5.12. The number of hydrogen-bond acceptors (Lipinski definition) is 4. The van der Waals surface area contributed by atoms with Crippen LogP contribution in [0.15, 0.2) is 34.4 Å². The van der Waals surface area contributed by atoms with Gasteiger partial charge in [0.05, 0.1) is 10.6 Å². The Hall–Kier alpha value is -2.74. The molecule has 0 saturated carbocycles. The van der Waals surface area contributed by atoms with E-state index in [-0.39, 0.29) is 10.6 Å². The molecule has 0 radical (unpaired) electrons. The molecule has 0 unspecified atom stereocenters. The van der Waals surface area contributed by atoms with Gasteiger partial charge in [0, 0.05) is 41.0 Å². The average molecular weight is 458 g/mol. The van der Waals surface area contributed by atoms with Crippen LogP contribution in [-0.2, 0) is 12.8 Å². The molecule has 0 bridgehead atoms. The lowest BCUT2D eigenvalue weighted by Crippen LogP contribution is -2.35. The van der Waals surface area contributed by atoms with Gasteiger partial charge in [-0.05, 0) is 77.4 Å². The summed E-state index contributed by atoms with van der Waals surface area (Å²) >= 11 is 3.49. The van der Waals surface area contributed by atoms with Crippen LogP contribution in [-0.4, -0.2) is 39.1 Å². The number of carbonyl (C=O) groups is 1. The second-order valence-electron chi connectivity index (χ2n) is 7.46. The Morgan fingerprint density at radius 1 is 1.17 bits per heavy atom. The van der Waals surface area contributed by atoms with Gasteiger partial charge in [0.1, 0.15) is 0 Å². The van der Waals surface area contributed by atoms with Crippen LogP contribution in [0, 0.1) is 17.0 Å². The topological polar surface area (TPSA) is 96.6 Å². The molecule has 7 nitrogen and oxygen atoms in total. The third kappa shape index (κ3) is 3.64. The fourth-order valence-electron chi connectivity index (χ4n) is 4.26. The Morgan fingerprint density at radius 3 is 2.52 bits per heavy atom. The second kappa shape index (κ2) is 7.59. The third-order valence-corrected chi connectivity index (χ3v) is 6.15. The number of nitrogens with zero attached hydrogens (tertiary/aromatic N) is 3. The summed E-state index contributed by atoms with van der Waals surface area (Å²) in [6.07, 6.45) is 3.60. The first-order valence-corrected chi connectivity index (χ1v) is 10.3. The molecule has 2 aliphatic rings.